The first-order chi connectivity index (χ1) is 9.30. The molecule has 1 aromatic rings. The van der Waals surface area contributed by atoms with Gasteiger partial charge < -0.3 is 5.11 Å². The van der Waals surface area contributed by atoms with Gasteiger partial charge in [-0.05, 0) is 56.1 Å². The van der Waals surface area contributed by atoms with E-state index in [9.17, 15) is 10.4 Å². The molecule has 0 amide bonds. The van der Waals surface area contributed by atoms with Gasteiger partial charge in [-0.2, -0.15) is 5.26 Å². The smallest absolute Gasteiger partial charge is 0.0978 e. The average molecular weight is 271 g/mol. The average Bonchev–Trinajstić information content (AvgIpc) is 2.39. The summed E-state index contributed by atoms with van der Waals surface area (Å²) in [6.45, 7) is 8.56. The van der Waals surface area contributed by atoms with Gasteiger partial charge >= 0.3 is 0 Å². The first-order valence-corrected chi connectivity index (χ1v) is 7.46. The molecule has 2 nitrogen and oxygen atoms in total. The Balaban J connectivity index is 2.31. The van der Waals surface area contributed by atoms with Crippen molar-refractivity contribution < 1.29 is 5.11 Å². The molecule has 1 N–H and O–H groups in total. The zero-order valence-electron chi connectivity index (χ0n) is 13.0. The van der Waals surface area contributed by atoms with Gasteiger partial charge in [-0.1, -0.05) is 37.6 Å². The van der Waals surface area contributed by atoms with Crippen molar-refractivity contribution >= 4 is 0 Å². The number of aliphatic hydroxyl groups is 1. The van der Waals surface area contributed by atoms with Gasteiger partial charge in [0.05, 0.1) is 17.6 Å². The lowest BCUT2D eigenvalue weighted by Crippen LogP contribution is -2.35. The maximum atomic E-state index is 10.8. The van der Waals surface area contributed by atoms with Crippen LogP contribution in [0.1, 0.15) is 62.3 Å². The molecule has 108 valence electrons. The van der Waals surface area contributed by atoms with Crippen LogP contribution in [0.25, 0.3) is 0 Å². The molecular weight excluding hydrogens is 246 g/mol. The summed E-state index contributed by atoms with van der Waals surface area (Å²) in [6.07, 6.45) is 2.89. The molecule has 1 aromatic carbocycles. The normalized spacial score (nSPS) is 22.0. The molecule has 1 aliphatic carbocycles. The van der Waals surface area contributed by atoms with Crippen LogP contribution in [0.5, 0.6) is 0 Å². The van der Waals surface area contributed by atoms with Crippen LogP contribution in [0.15, 0.2) is 18.2 Å². The summed E-state index contributed by atoms with van der Waals surface area (Å²) < 4.78 is 0. The van der Waals surface area contributed by atoms with Crippen molar-refractivity contribution in [1.82, 2.24) is 0 Å². The Kier molecular flexibility index (Phi) is 3.93. The van der Waals surface area contributed by atoms with Gasteiger partial charge in [-0.25, -0.2) is 0 Å². The molecule has 0 bridgehead atoms. The van der Waals surface area contributed by atoms with Crippen molar-refractivity contribution in [1.29, 1.82) is 5.26 Å². The quantitative estimate of drug-likeness (QED) is 0.863. The molecule has 20 heavy (non-hydrogen) atoms. The molecule has 0 aromatic heterocycles. The number of rotatable bonds is 2. The van der Waals surface area contributed by atoms with Crippen molar-refractivity contribution in [3.05, 3.63) is 34.9 Å². The van der Waals surface area contributed by atoms with Gasteiger partial charge in [0.1, 0.15) is 0 Å². The molecular formula is C18H25NO. The van der Waals surface area contributed by atoms with Crippen molar-refractivity contribution in [2.24, 2.45) is 10.8 Å². The molecule has 0 saturated heterocycles. The predicted molar refractivity (Wildman–Crippen MR) is 81.2 cm³/mol. The molecule has 0 spiro atoms. The van der Waals surface area contributed by atoms with Crippen LogP contribution in [-0.2, 0) is 0 Å². The summed E-state index contributed by atoms with van der Waals surface area (Å²) >= 11 is 0. The van der Waals surface area contributed by atoms with Crippen LogP contribution in [0.3, 0.4) is 0 Å². The molecule has 0 radical (unpaired) electrons. The zero-order chi connectivity index (χ0) is 15.0. The van der Waals surface area contributed by atoms with Crippen molar-refractivity contribution in [3.8, 4) is 6.07 Å². The topological polar surface area (TPSA) is 44.0 Å². The summed E-state index contributed by atoms with van der Waals surface area (Å²) in [5.41, 5.74) is 2.86. The van der Waals surface area contributed by atoms with Crippen LogP contribution in [0, 0.1) is 36.0 Å². The molecule has 1 saturated carbocycles. The largest absolute Gasteiger partial charge is 0.387 e. The summed E-state index contributed by atoms with van der Waals surface area (Å²) in [6, 6.07) is 8.52. The van der Waals surface area contributed by atoms with Crippen LogP contribution in [0.4, 0.5) is 0 Å². The predicted octanol–water partition coefficient (Wildman–Crippen LogP) is 4.45. The minimum atomic E-state index is -0.677. The van der Waals surface area contributed by atoms with E-state index in [-0.39, 0.29) is 0 Å². The fourth-order valence-corrected chi connectivity index (χ4v) is 3.25. The Morgan fingerprint density at radius 2 is 1.75 bits per heavy atom. The van der Waals surface area contributed by atoms with E-state index in [0.717, 1.165) is 36.8 Å². The zero-order valence-corrected chi connectivity index (χ0v) is 13.0. The number of aliphatic hydroxyl groups excluding tert-OH is 1. The molecule has 1 atom stereocenters. The van der Waals surface area contributed by atoms with Gasteiger partial charge in [-0.3, -0.25) is 0 Å². The highest BCUT2D eigenvalue weighted by atomic mass is 16.3. The lowest BCUT2D eigenvalue weighted by Gasteiger charge is -2.42. The standard InChI is InChI=1S/C18H25NO/c1-13-5-6-15(14(2)11-13)16(20)18(12-19)9-7-17(3,4)8-10-18/h5-6,11,16,20H,7-10H2,1-4H3. The Morgan fingerprint density at radius 1 is 1.15 bits per heavy atom. The van der Waals surface area contributed by atoms with Gasteiger partial charge in [0.2, 0.25) is 0 Å². The van der Waals surface area contributed by atoms with Crippen molar-refractivity contribution in [2.45, 2.75) is 59.5 Å². The lowest BCUT2D eigenvalue weighted by molar-refractivity contribution is 0.00920. The number of hydrogen-bond donors (Lipinski definition) is 1. The number of nitriles is 1. The maximum Gasteiger partial charge on any atom is 0.0978 e. The number of aryl methyl sites for hydroxylation is 2. The van der Waals surface area contributed by atoms with E-state index in [1.54, 1.807) is 0 Å². The van der Waals surface area contributed by atoms with E-state index in [2.05, 4.69) is 26.0 Å². The van der Waals surface area contributed by atoms with Gasteiger partial charge in [0, 0.05) is 0 Å². The van der Waals surface area contributed by atoms with Crippen molar-refractivity contribution in [3.63, 3.8) is 0 Å². The fourth-order valence-electron chi connectivity index (χ4n) is 3.25. The second-order valence-electron chi connectivity index (χ2n) is 7.19. The van der Waals surface area contributed by atoms with Gasteiger partial charge in [-0.15, -0.1) is 0 Å². The monoisotopic (exact) mass is 271 g/mol. The summed E-state index contributed by atoms with van der Waals surface area (Å²) in [4.78, 5) is 0. The van der Waals surface area contributed by atoms with E-state index in [1.165, 1.54) is 5.56 Å². The third kappa shape index (κ3) is 2.74. The van der Waals surface area contributed by atoms with E-state index < -0.39 is 11.5 Å². The van der Waals surface area contributed by atoms with E-state index >= 15 is 0 Å². The van der Waals surface area contributed by atoms with Gasteiger partial charge in [0.15, 0.2) is 0 Å². The summed E-state index contributed by atoms with van der Waals surface area (Å²) in [7, 11) is 0. The molecule has 1 fully saturated rings. The van der Waals surface area contributed by atoms with Gasteiger partial charge in [0.25, 0.3) is 0 Å². The lowest BCUT2D eigenvalue weighted by atomic mass is 9.62. The fraction of sp³-hybridized carbons (Fsp3) is 0.611. The highest BCUT2D eigenvalue weighted by Gasteiger charge is 2.44. The van der Waals surface area contributed by atoms with Crippen molar-refractivity contribution in [2.75, 3.05) is 0 Å². The van der Waals surface area contributed by atoms with Crippen LogP contribution in [0.2, 0.25) is 0 Å². The summed E-state index contributed by atoms with van der Waals surface area (Å²) in [5.74, 6) is 0. The summed E-state index contributed by atoms with van der Waals surface area (Å²) in [5, 5.41) is 20.5. The molecule has 1 unspecified atom stereocenters. The minimum absolute atomic E-state index is 0.294. The van der Waals surface area contributed by atoms with Crippen LogP contribution in [-0.4, -0.2) is 5.11 Å². The van der Waals surface area contributed by atoms with E-state index in [4.69, 9.17) is 0 Å². The number of benzene rings is 1. The molecule has 0 heterocycles. The molecule has 2 rings (SSSR count). The second kappa shape index (κ2) is 5.22. The van der Waals surface area contributed by atoms with Crippen LogP contribution < -0.4 is 0 Å². The Bertz CT molecular complexity index is 529. The molecule has 0 aliphatic heterocycles. The number of hydrogen-bond acceptors (Lipinski definition) is 2. The second-order valence-corrected chi connectivity index (χ2v) is 7.19. The van der Waals surface area contributed by atoms with E-state index in [0.29, 0.717) is 5.41 Å². The van der Waals surface area contributed by atoms with Crippen LogP contribution >= 0.6 is 0 Å². The highest BCUT2D eigenvalue weighted by molar-refractivity contribution is 5.34. The van der Waals surface area contributed by atoms with E-state index in [1.807, 2.05) is 26.0 Å². The molecule has 2 heteroatoms. The first-order valence-electron chi connectivity index (χ1n) is 7.46. The highest BCUT2D eigenvalue weighted by Crippen LogP contribution is 2.51. The Morgan fingerprint density at radius 3 is 2.25 bits per heavy atom. The maximum absolute atomic E-state index is 10.8. The number of nitrogens with zero attached hydrogens (tertiary/aromatic N) is 1. The Labute approximate surface area is 122 Å². The first kappa shape index (κ1) is 15.1. The SMILES string of the molecule is Cc1ccc(C(O)C2(C#N)CCC(C)(C)CC2)c(C)c1. The molecule has 1 aliphatic rings. The Hall–Kier alpha value is -1.33. The minimum Gasteiger partial charge on any atom is -0.387 e. The third-order valence-electron chi connectivity index (χ3n) is 4.96. The third-order valence-corrected chi connectivity index (χ3v) is 4.96.